The van der Waals surface area contributed by atoms with E-state index in [9.17, 15) is 5.11 Å². The van der Waals surface area contributed by atoms with Crippen molar-refractivity contribution in [1.29, 1.82) is 0 Å². The molecule has 1 N–H and O–H groups in total. The minimum absolute atomic E-state index is 0.598. The number of hydrogen-bond donors (Lipinski definition) is 1. The summed E-state index contributed by atoms with van der Waals surface area (Å²) in [6.45, 7) is 5.31. The van der Waals surface area contributed by atoms with E-state index in [0.29, 0.717) is 11.5 Å². The molecular weight excluding hydrogens is 240 g/mol. The molecule has 0 bridgehead atoms. The monoisotopic (exact) mass is 258 g/mol. The van der Waals surface area contributed by atoms with Crippen molar-refractivity contribution in [2.24, 2.45) is 0 Å². The second-order valence-electron chi connectivity index (χ2n) is 4.63. The summed E-state index contributed by atoms with van der Waals surface area (Å²) in [6, 6.07) is 15.0. The van der Waals surface area contributed by atoms with Crippen molar-refractivity contribution in [2.75, 3.05) is 0 Å². The van der Waals surface area contributed by atoms with Gasteiger partial charge in [0.15, 0.2) is 0 Å². The first-order chi connectivity index (χ1) is 8.98. The molecule has 0 spiro atoms. The summed E-state index contributed by atoms with van der Waals surface area (Å²) >= 11 is 0. The summed E-state index contributed by atoms with van der Waals surface area (Å²) < 4.78 is 11.0. The molecule has 0 aliphatic heterocycles. The van der Waals surface area contributed by atoms with Gasteiger partial charge in [-0.2, -0.15) is 0 Å². The third kappa shape index (κ3) is 3.48. The van der Waals surface area contributed by atoms with Crippen LogP contribution in [0.25, 0.3) is 0 Å². The molecule has 2 rings (SSSR count). The second kappa shape index (κ2) is 5.33. The van der Waals surface area contributed by atoms with Gasteiger partial charge in [-0.05, 0) is 37.1 Å². The standard InChI is InChI=1S/C16H18O3/c1-12-8-4-6-10-14(12)18-16(3,17)19-15-11-7-5-9-13(15)2/h4-11,17H,1-3H3. The minimum Gasteiger partial charge on any atom is -0.430 e. The van der Waals surface area contributed by atoms with Gasteiger partial charge in [-0.25, -0.2) is 0 Å². The Morgan fingerprint density at radius 2 is 1.16 bits per heavy atom. The first-order valence-electron chi connectivity index (χ1n) is 6.19. The van der Waals surface area contributed by atoms with Gasteiger partial charge in [0.1, 0.15) is 11.5 Å². The van der Waals surface area contributed by atoms with Crippen LogP contribution in [0.15, 0.2) is 48.5 Å². The zero-order chi connectivity index (χ0) is 13.9. The first kappa shape index (κ1) is 13.4. The maximum absolute atomic E-state index is 10.2. The van der Waals surface area contributed by atoms with Crippen molar-refractivity contribution in [2.45, 2.75) is 26.7 Å². The van der Waals surface area contributed by atoms with Gasteiger partial charge in [0, 0.05) is 6.92 Å². The van der Waals surface area contributed by atoms with Gasteiger partial charge < -0.3 is 14.6 Å². The summed E-state index contributed by atoms with van der Waals surface area (Å²) in [5.41, 5.74) is 1.88. The van der Waals surface area contributed by atoms with E-state index in [-0.39, 0.29) is 0 Å². The fraction of sp³-hybridized carbons (Fsp3) is 0.250. The smallest absolute Gasteiger partial charge is 0.366 e. The maximum atomic E-state index is 10.2. The molecule has 0 aromatic heterocycles. The SMILES string of the molecule is Cc1ccccc1OC(C)(O)Oc1ccccc1C. The molecule has 0 heterocycles. The van der Waals surface area contributed by atoms with Crippen molar-refractivity contribution >= 4 is 0 Å². The normalized spacial score (nSPS) is 11.2. The molecule has 3 nitrogen and oxygen atoms in total. The van der Waals surface area contributed by atoms with Gasteiger partial charge in [0.05, 0.1) is 0 Å². The molecule has 3 heteroatoms. The predicted molar refractivity (Wildman–Crippen MR) is 74.2 cm³/mol. The summed E-state index contributed by atoms with van der Waals surface area (Å²) in [4.78, 5) is 0. The Morgan fingerprint density at radius 3 is 1.53 bits per heavy atom. The van der Waals surface area contributed by atoms with Gasteiger partial charge >= 0.3 is 5.97 Å². The molecule has 0 saturated heterocycles. The van der Waals surface area contributed by atoms with Crippen LogP contribution in [0.2, 0.25) is 0 Å². The van der Waals surface area contributed by atoms with Crippen LogP contribution in [-0.4, -0.2) is 11.1 Å². The minimum atomic E-state index is -1.71. The number of benzene rings is 2. The Morgan fingerprint density at radius 1 is 0.789 bits per heavy atom. The van der Waals surface area contributed by atoms with Crippen molar-refractivity contribution < 1.29 is 14.6 Å². The summed E-state index contributed by atoms with van der Waals surface area (Å²) in [6.07, 6.45) is 0. The van der Waals surface area contributed by atoms with Crippen LogP contribution >= 0.6 is 0 Å². The lowest BCUT2D eigenvalue weighted by Crippen LogP contribution is -2.39. The van der Waals surface area contributed by atoms with Crippen LogP contribution in [0.4, 0.5) is 0 Å². The van der Waals surface area contributed by atoms with Gasteiger partial charge in [-0.1, -0.05) is 36.4 Å². The molecule has 0 radical (unpaired) electrons. The average Bonchev–Trinajstić information content (AvgIpc) is 2.35. The number of rotatable bonds is 4. The summed E-state index contributed by atoms with van der Waals surface area (Å²) in [7, 11) is 0. The van der Waals surface area contributed by atoms with E-state index >= 15 is 0 Å². The molecule has 0 fully saturated rings. The second-order valence-corrected chi connectivity index (χ2v) is 4.63. The van der Waals surface area contributed by atoms with E-state index in [1.165, 1.54) is 6.92 Å². The molecule has 0 unspecified atom stereocenters. The molecule has 2 aromatic carbocycles. The molecular formula is C16H18O3. The lowest BCUT2D eigenvalue weighted by atomic mass is 10.2. The van der Waals surface area contributed by atoms with Crippen molar-refractivity contribution in [3.63, 3.8) is 0 Å². The molecule has 0 atom stereocenters. The van der Waals surface area contributed by atoms with Crippen molar-refractivity contribution in [1.82, 2.24) is 0 Å². The Bertz CT molecular complexity index is 512. The highest BCUT2D eigenvalue weighted by atomic mass is 16.8. The lowest BCUT2D eigenvalue weighted by molar-refractivity contribution is -0.258. The Labute approximate surface area is 113 Å². The predicted octanol–water partition coefficient (Wildman–Crippen LogP) is 3.43. The third-order valence-corrected chi connectivity index (χ3v) is 2.79. The third-order valence-electron chi connectivity index (χ3n) is 2.79. The fourth-order valence-electron chi connectivity index (χ4n) is 1.77. The molecule has 0 aliphatic rings. The van der Waals surface area contributed by atoms with Gasteiger partial charge in [-0.15, -0.1) is 0 Å². The number of hydrogen-bond acceptors (Lipinski definition) is 3. The Balaban J connectivity index is 2.15. The van der Waals surface area contributed by atoms with Crippen molar-refractivity contribution in [3.8, 4) is 11.5 Å². The Hall–Kier alpha value is -2.00. The molecule has 19 heavy (non-hydrogen) atoms. The number of aliphatic hydroxyl groups is 1. The van der Waals surface area contributed by atoms with Crippen LogP contribution in [0.5, 0.6) is 11.5 Å². The average molecular weight is 258 g/mol. The number of ether oxygens (including phenoxy) is 2. The van der Waals surface area contributed by atoms with Crippen LogP contribution in [0.3, 0.4) is 0 Å². The van der Waals surface area contributed by atoms with E-state index in [4.69, 9.17) is 9.47 Å². The molecule has 0 saturated carbocycles. The highest BCUT2D eigenvalue weighted by molar-refractivity contribution is 5.33. The van der Waals surface area contributed by atoms with E-state index < -0.39 is 5.97 Å². The van der Waals surface area contributed by atoms with E-state index in [1.54, 1.807) is 12.1 Å². The summed E-state index contributed by atoms with van der Waals surface area (Å²) in [5, 5.41) is 10.2. The van der Waals surface area contributed by atoms with Crippen LogP contribution in [-0.2, 0) is 0 Å². The van der Waals surface area contributed by atoms with Gasteiger partial charge in [0.2, 0.25) is 0 Å². The highest BCUT2D eigenvalue weighted by Crippen LogP contribution is 2.25. The zero-order valence-corrected chi connectivity index (χ0v) is 11.4. The maximum Gasteiger partial charge on any atom is 0.366 e. The molecule has 0 aliphatic carbocycles. The van der Waals surface area contributed by atoms with E-state index in [1.807, 2.05) is 50.2 Å². The zero-order valence-electron chi connectivity index (χ0n) is 11.4. The van der Waals surface area contributed by atoms with Crippen LogP contribution in [0.1, 0.15) is 18.1 Å². The largest absolute Gasteiger partial charge is 0.430 e. The number of para-hydroxylation sites is 2. The van der Waals surface area contributed by atoms with E-state index in [0.717, 1.165) is 11.1 Å². The van der Waals surface area contributed by atoms with Gasteiger partial charge in [0.25, 0.3) is 0 Å². The topological polar surface area (TPSA) is 38.7 Å². The molecule has 0 amide bonds. The molecule has 100 valence electrons. The first-order valence-corrected chi connectivity index (χ1v) is 6.19. The Kier molecular flexibility index (Phi) is 3.76. The molecule has 2 aromatic rings. The van der Waals surface area contributed by atoms with Crippen LogP contribution in [0, 0.1) is 13.8 Å². The van der Waals surface area contributed by atoms with Gasteiger partial charge in [-0.3, -0.25) is 0 Å². The highest BCUT2D eigenvalue weighted by Gasteiger charge is 2.26. The van der Waals surface area contributed by atoms with E-state index in [2.05, 4.69) is 0 Å². The summed E-state index contributed by atoms with van der Waals surface area (Å²) in [5.74, 6) is -0.514. The lowest BCUT2D eigenvalue weighted by Gasteiger charge is -2.26. The van der Waals surface area contributed by atoms with Crippen LogP contribution < -0.4 is 9.47 Å². The quantitative estimate of drug-likeness (QED) is 0.854. The van der Waals surface area contributed by atoms with Crippen molar-refractivity contribution in [3.05, 3.63) is 59.7 Å². The number of aryl methyl sites for hydroxylation is 2. The fourth-order valence-corrected chi connectivity index (χ4v) is 1.77.